The first-order chi connectivity index (χ1) is 14.5. The molecule has 0 saturated carbocycles. The lowest BCUT2D eigenvalue weighted by Gasteiger charge is -2.08. The average Bonchev–Trinajstić information content (AvgIpc) is 2.79. The van der Waals surface area contributed by atoms with Crippen molar-refractivity contribution in [1.82, 2.24) is 10.9 Å². The Balaban J connectivity index is 1.71. The number of amides is 2. The van der Waals surface area contributed by atoms with Crippen LogP contribution in [0.5, 0.6) is 11.5 Å². The molecule has 2 N–H and O–H groups in total. The first-order valence-corrected chi connectivity index (χ1v) is 8.93. The average molecular weight is 410 g/mol. The van der Waals surface area contributed by atoms with E-state index in [2.05, 4.69) is 17.4 Å². The fourth-order valence-corrected chi connectivity index (χ4v) is 2.16. The molecule has 156 valence electrons. The van der Waals surface area contributed by atoms with Gasteiger partial charge in [-0.15, -0.1) is 0 Å². The highest BCUT2D eigenvalue weighted by atomic mass is 16.5. The molecule has 2 amide bonds. The third-order valence-corrected chi connectivity index (χ3v) is 3.67. The summed E-state index contributed by atoms with van der Waals surface area (Å²) in [5, 5.41) is 0. The number of carbonyl (C=O) groups is 3. The molecule has 0 aliphatic rings. The lowest BCUT2D eigenvalue weighted by Crippen LogP contribution is -2.43. The molecule has 2 rings (SSSR count). The molecule has 8 heteroatoms. The van der Waals surface area contributed by atoms with E-state index in [4.69, 9.17) is 14.2 Å². The van der Waals surface area contributed by atoms with Crippen LogP contribution in [0.1, 0.15) is 15.9 Å². The summed E-state index contributed by atoms with van der Waals surface area (Å²) in [6, 6.07) is 13.4. The van der Waals surface area contributed by atoms with Crippen LogP contribution in [-0.2, 0) is 14.3 Å². The summed E-state index contributed by atoms with van der Waals surface area (Å²) in [5.41, 5.74) is 5.49. The highest BCUT2D eigenvalue weighted by Gasteiger charge is 2.09. The molecular weight excluding hydrogens is 388 g/mol. The summed E-state index contributed by atoms with van der Waals surface area (Å²) in [6.07, 6.45) is 4.39. The van der Waals surface area contributed by atoms with Crippen molar-refractivity contribution >= 4 is 23.9 Å². The monoisotopic (exact) mass is 410 g/mol. The maximum Gasteiger partial charge on any atom is 0.331 e. The fraction of sp³-hybridized carbons (Fsp3) is 0.136. The Morgan fingerprint density at radius 3 is 2.27 bits per heavy atom. The molecule has 0 heterocycles. The summed E-state index contributed by atoms with van der Waals surface area (Å²) in [5.74, 6) is -0.603. The maximum atomic E-state index is 11.9. The molecule has 0 bridgehead atoms. The van der Waals surface area contributed by atoms with Crippen LogP contribution >= 0.6 is 0 Å². The van der Waals surface area contributed by atoms with Crippen LogP contribution in [0.2, 0.25) is 0 Å². The van der Waals surface area contributed by atoms with Gasteiger partial charge in [-0.2, -0.15) is 0 Å². The van der Waals surface area contributed by atoms with E-state index in [-0.39, 0.29) is 0 Å². The SMILES string of the molecule is C=CCOc1ccc(/C=C/C(=O)OCC(=O)NNC(=O)c2ccc(OC)cc2)cc1. The van der Waals surface area contributed by atoms with E-state index in [0.717, 1.165) is 5.56 Å². The number of ether oxygens (including phenoxy) is 3. The van der Waals surface area contributed by atoms with Crippen LogP contribution in [0.15, 0.2) is 67.3 Å². The Bertz CT molecular complexity index is 904. The van der Waals surface area contributed by atoms with Crippen molar-refractivity contribution < 1.29 is 28.6 Å². The van der Waals surface area contributed by atoms with E-state index in [9.17, 15) is 14.4 Å². The van der Waals surface area contributed by atoms with E-state index in [1.165, 1.54) is 13.2 Å². The lowest BCUT2D eigenvalue weighted by atomic mass is 10.2. The topological polar surface area (TPSA) is 103 Å². The highest BCUT2D eigenvalue weighted by Crippen LogP contribution is 2.13. The smallest absolute Gasteiger partial charge is 0.331 e. The molecule has 0 fully saturated rings. The van der Waals surface area contributed by atoms with Gasteiger partial charge in [-0.3, -0.25) is 20.4 Å². The Morgan fingerprint density at radius 2 is 1.63 bits per heavy atom. The Hall–Kier alpha value is -4.07. The number of nitrogens with one attached hydrogen (secondary N) is 2. The first-order valence-electron chi connectivity index (χ1n) is 8.93. The van der Waals surface area contributed by atoms with Crippen molar-refractivity contribution in [2.45, 2.75) is 0 Å². The van der Waals surface area contributed by atoms with Crippen molar-refractivity contribution in [1.29, 1.82) is 0 Å². The Kier molecular flexibility index (Phi) is 8.67. The summed E-state index contributed by atoms with van der Waals surface area (Å²) >= 11 is 0. The van der Waals surface area contributed by atoms with Crippen molar-refractivity contribution in [2.75, 3.05) is 20.3 Å². The van der Waals surface area contributed by atoms with Gasteiger partial charge < -0.3 is 14.2 Å². The summed E-state index contributed by atoms with van der Waals surface area (Å²) < 4.78 is 15.2. The van der Waals surface area contributed by atoms with Crippen LogP contribution < -0.4 is 20.3 Å². The first kappa shape index (κ1) is 22.2. The molecule has 30 heavy (non-hydrogen) atoms. The van der Waals surface area contributed by atoms with Crippen molar-refractivity contribution in [3.8, 4) is 11.5 Å². The van der Waals surface area contributed by atoms with Gasteiger partial charge in [0, 0.05) is 11.6 Å². The van der Waals surface area contributed by atoms with Gasteiger partial charge in [0.15, 0.2) is 6.61 Å². The highest BCUT2D eigenvalue weighted by molar-refractivity contribution is 5.96. The van der Waals surface area contributed by atoms with Crippen molar-refractivity contribution in [3.05, 3.63) is 78.4 Å². The second-order valence-corrected chi connectivity index (χ2v) is 5.84. The predicted octanol–water partition coefficient (Wildman–Crippen LogP) is 2.28. The number of esters is 1. The number of hydrogen-bond acceptors (Lipinski definition) is 6. The minimum Gasteiger partial charge on any atom is -0.497 e. The third kappa shape index (κ3) is 7.51. The lowest BCUT2D eigenvalue weighted by molar-refractivity contribution is -0.144. The molecule has 0 aliphatic carbocycles. The van der Waals surface area contributed by atoms with Gasteiger partial charge in [-0.25, -0.2) is 4.79 Å². The second kappa shape index (κ2) is 11.7. The van der Waals surface area contributed by atoms with Crippen LogP contribution in [0.25, 0.3) is 6.08 Å². The standard InChI is InChI=1S/C22H22N2O6/c1-3-14-29-19-9-4-16(5-10-19)6-13-21(26)30-15-20(25)23-24-22(27)17-7-11-18(28-2)12-8-17/h3-13H,1,14-15H2,2H3,(H,23,25)(H,24,27)/b13-6+. The maximum absolute atomic E-state index is 11.9. The normalized spacial score (nSPS) is 10.2. The quantitative estimate of drug-likeness (QED) is 0.285. The fourth-order valence-electron chi connectivity index (χ4n) is 2.16. The Morgan fingerprint density at radius 1 is 0.967 bits per heavy atom. The van der Waals surface area contributed by atoms with Gasteiger partial charge >= 0.3 is 5.97 Å². The number of hydrazine groups is 1. The molecule has 0 atom stereocenters. The largest absolute Gasteiger partial charge is 0.497 e. The van der Waals surface area contributed by atoms with Gasteiger partial charge in [0.1, 0.15) is 18.1 Å². The molecule has 2 aromatic carbocycles. The zero-order valence-corrected chi connectivity index (χ0v) is 16.4. The van der Waals surface area contributed by atoms with Crippen molar-refractivity contribution in [2.24, 2.45) is 0 Å². The third-order valence-electron chi connectivity index (χ3n) is 3.67. The van der Waals surface area contributed by atoms with Gasteiger partial charge in [0.05, 0.1) is 7.11 Å². The van der Waals surface area contributed by atoms with Crippen molar-refractivity contribution in [3.63, 3.8) is 0 Å². The van der Waals surface area contributed by atoms with E-state index in [0.29, 0.717) is 23.7 Å². The van der Waals surface area contributed by atoms with Crippen LogP contribution in [0.3, 0.4) is 0 Å². The van der Waals surface area contributed by atoms with Gasteiger partial charge in [0.25, 0.3) is 11.8 Å². The molecule has 8 nitrogen and oxygen atoms in total. The number of carbonyl (C=O) groups excluding carboxylic acids is 3. The molecule has 0 unspecified atom stereocenters. The number of hydrogen-bond donors (Lipinski definition) is 2. The minimum absolute atomic E-state index is 0.330. The van der Waals surface area contributed by atoms with Gasteiger partial charge in [-0.1, -0.05) is 24.8 Å². The van der Waals surface area contributed by atoms with Gasteiger partial charge in [-0.05, 0) is 48.0 Å². The predicted molar refractivity (Wildman–Crippen MR) is 111 cm³/mol. The van der Waals surface area contributed by atoms with E-state index >= 15 is 0 Å². The molecule has 0 aliphatic heterocycles. The van der Waals surface area contributed by atoms with E-state index < -0.39 is 24.4 Å². The van der Waals surface area contributed by atoms with E-state index in [1.807, 2.05) is 0 Å². The van der Waals surface area contributed by atoms with Crippen LogP contribution in [-0.4, -0.2) is 38.1 Å². The minimum atomic E-state index is -0.696. The number of methoxy groups -OCH3 is 1. The Labute approximate surface area is 174 Å². The molecule has 0 spiro atoms. The summed E-state index contributed by atoms with van der Waals surface area (Å²) in [7, 11) is 1.52. The molecule has 2 aromatic rings. The second-order valence-electron chi connectivity index (χ2n) is 5.84. The van der Waals surface area contributed by atoms with Crippen LogP contribution in [0, 0.1) is 0 Å². The number of rotatable bonds is 9. The summed E-state index contributed by atoms with van der Waals surface area (Å²) in [6.45, 7) is 3.44. The molecule has 0 saturated heterocycles. The summed E-state index contributed by atoms with van der Waals surface area (Å²) in [4.78, 5) is 35.4. The zero-order valence-electron chi connectivity index (χ0n) is 16.4. The zero-order chi connectivity index (χ0) is 21.8. The number of benzene rings is 2. The van der Waals surface area contributed by atoms with E-state index in [1.54, 1.807) is 60.7 Å². The van der Waals surface area contributed by atoms with Gasteiger partial charge in [0.2, 0.25) is 0 Å². The molecule has 0 aromatic heterocycles. The molecule has 0 radical (unpaired) electrons. The molecular formula is C22H22N2O6. The van der Waals surface area contributed by atoms with Crippen LogP contribution in [0.4, 0.5) is 0 Å².